The average molecular weight is 300 g/mol. The van der Waals surface area contributed by atoms with E-state index in [0.29, 0.717) is 36.8 Å². The Morgan fingerprint density at radius 1 is 1.35 bits per heavy atom. The monoisotopic (exact) mass is 299 g/mol. The summed E-state index contributed by atoms with van der Waals surface area (Å²) in [6.07, 6.45) is 2.48. The van der Waals surface area contributed by atoms with Gasteiger partial charge in [-0.2, -0.15) is 0 Å². The van der Waals surface area contributed by atoms with E-state index in [0.717, 1.165) is 29.2 Å². The minimum Gasteiger partial charge on any atom is -0.486 e. The third-order valence-electron chi connectivity index (χ3n) is 2.64. The predicted octanol–water partition coefficient (Wildman–Crippen LogP) is 1.92. The van der Waals surface area contributed by atoms with E-state index in [4.69, 9.17) is 15.2 Å². The van der Waals surface area contributed by atoms with Gasteiger partial charge in [-0.15, -0.1) is 0 Å². The Hall–Kier alpha value is -1.07. The molecule has 5 heteroatoms. The van der Waals surface area contributed by atoms with E-state index in [2.05, 4.69) is 15.9 Å². The lowest BCUT2D eigenvalue weighted by molar-refractivity contribution is 0.111. The zero-order chi connectivity index (χ0) is 12.3. The Labute approximate surface area is 108 Å². The second-order valence-corrected chi connectivity index (χ2v) is 4.65. The SMILES string of the molecule is NCCCc1cc(Br)c(C=O)c2c1OCCO2. The van der Waals surface area contributed by atoms with Crippen LogP contribution in [0, 0.1) is 0 Å². The van der Waals surface area contributed by atoms with Gasteiger partial charge in [-0.25, -0.2) is 0 Å². The van der Waals surface area contributed by atoms with Crippen LogP contribution in [-0.4, -0.2) is 26.0 Å². The molecule has 0 unspecified atom stereocenters. The molecule has 1 aliphatic heterocycles. The molecule has 0 saturated heterocycles. The van der Waals surface area contributed by atoms with Gasteiger partial charge in [-0.05, 0) is 46.9 Å². The van der Waals surface area contributed by atoms with Gasteiger partial charge in [0, 0.05) is 4.47 Å². The molecular weight excluding hydrogens is 286 g/mol. The van der Waals surface area contributed by atoms with Crippen molar-refractivity contribution < 1.29 is 14.3 Å². The second kappa shape index (κ2) is 5.51. The van der Waals surface area contributed by atoms with E-state index in [1.54, 1.807) is 0 Å². The molecule has 2 N–H and O–H groups in total. The number of aryl methyl sites for hydroxylation is 1. The highest BCUT2D eigenvalue weighted by molar-refractivity contribution is 9.10. The molecule has 0 saturated carbocycles. The third-order valence-corrected chi connectivity index (χ3v) is 3.30. The first kappa shape index (κ1) is 12.4. The number of benzene rings is 1. The maximum atomic E-state index is 11.0. The molecule has 1 heterocycles. The number of hydrogen-bond donors (Lipinski definition) is 1. The summed E-state index contributed by atoms with van der Waals surface area (Å²) < 4.78 is 11.9. The highest BCUT2D eigenvalue weighted by atomic mass is 79.9. The summed E-state index contributed by atoms with van der Waals surface area (Å²) >= 11 is 3.38. The fraction of sp³-hybridized carbons (Fsp3) is 0.417. The lowest BCUT2D eigenvalue weighted by Crippen LogP contribution is -2.18. The molecule has 1 aromatic carbocycles. The number of nitrogens with two attached hydrogens (primary N) is 1. The van der Waals surface area contributed by atoms with Crippen molar-refractivity contribution in [1.29, 1.82) is 0 Å². The fourth-order valence-electron chi connectivity index (χ4n) is 1.85. The van der Waals surface area contributed by atoms with Crippen LogP contribution in [-0.2, 0) is 6.42 Å². The summed E-state index contributed by atoms with van der Waals surface area (Å²) in [7, 11) is 0. The Kier molecular flexibility index (Phi) is 4.02. The fourth-order valence-corrected chi connectivity index (χ4v) is 2.40. The second-order valence-electron chi connectivity index (χ2n) is 3.80. The van der Waals surface area contributed by atoms with Gasteiger partial charge in [0.1, 0.15) is 13.2 Å². The van der Waals surface area contributed by atoms with Crippen molar-refractivity contribution in [3.05, 3.63) is 21.7 Å². The first-order valence-electron chi connectivity index (χ1n) is 5.54. The van der Waals surface area contributed by atoms with Crippen LogP contribution in [0.4, 0.5) is 0 Å². The van der Waals surface area contributed by atoms with Gasteiger partial charge in [0.2, 0.25) is 0 Å². The lowest BCUT2D eigenvalue weighted by Gasteiger charge is -2.23. The summed E-state index contributed by atoms with van der Waals surface area (Å²) in [5, 5.41) is 0. The highest BCUT2D eigenvalue weighted by Gasteiger charge is 2.22. The number of aldehydes is 1. The van der Waals surface area contributed by atoms with Crippen molar-refractivity contribution in [3.63, 3.8) is 0 Å². The summed E-state index contributed by atoms with van der Waals surface area (Å²) in [5.41, 5.74) is 7.05. The number of ether oxygens (including phenoxy) is 2. The van der Waals surface area contributed by atoms with Crippen molar-refractivity contribution in [3.8, 4) is 11.5 Å². The third kappa shape index (κ3) is 2.45. The van der Waals surface area contributed by atoms with Gasteiger partial charge >= 0.3 is 0 Å². The van der Waals surface area contributed by atoms with Gasteiger partial charge in [0.25, 0.3) is 0 Å². The maximum absolute atomic E-state index is 11.0. The quantitative estimate of drug-likeness (QED) is 0.863. The lowest BCUT2D eigenvalue weighted by atomic mass is 10.0. The Balaban J connectivity index is 2.46. The minimum atomic E-state index is 0.473. The first-order valence-corrected chi connectivity index (χ1v) is 6.33. The molecular formula is C12H14BrNO3. The van der Waals surface area contributed by atoms with Crippen LogP contribution < -0.4 is 15.2 Å². The number of carbonyl (C=O) groups excluding carboxylic acids is 1. The Morgan fingerprint density at radius 3 is 2.71 bits per heavy atom. The summed E-state index contributed by atoms with van der Waals surface area (Å²) in [5.74, 6) is 1.24. The van der Waals surface area contributed by atoms with Crippen LogP contribution in [0.2, 0.25) is 0 Å². The first-order chi connectivity index (χ1) is 8.27. The highest BCUT2D eigenvalue weighted by Crippen LogP contribution is 2.41. The van der Waals surface area contributed by atoms with Gasteiger partial charge < -0.3 is 15.2 Å². The van der Waals surface area contributed by atoms with Gasteiger partial charge in [0.05, 0.1) is 5.56 Å². The normalized spacial score (nSPS) is 13.5. The van der Waals surface area contributed by atoms with E-state index in [1.165, 1.54) is 0 Å². The Bertz CT molecular complexity index is 434. The molecule has 92 valence electrons. The van der Waals surface area contributed by atoms with E-state index in [9.17, 15) is 4.79 Å². The molecule has 0 bridgehead atoms. The topological polar surface area (TPSA) is 61.6 Å². The molecule has 0 amide bonds. The number of carbonyl (C=O) groups is 1. The van der Waals surface area contributed by atoms with Gasteiger partial charge in [-0.3, -0.25) is 4.79 Å². The molecule has 1 aromatic rings. The van der Waals surface area contributed by atoms with Crippen LogP contribution in [0.1, 0.15) is 22.3 Å². The molecule has 0 aromatic heterocycles. The van der Waals surface area contributed by atoms with Crippen molar-refractivity contribution in [2.24, 2.45) is 5.73 Å². The zero-order valence-electron chi connectivity index (χ0n) is 9.37. The van der Waals surface area contributed by atoms with E-state index < -0.39 is 0 Å². The number of fused-ring (bicyclic) bond motifs is 1. The van der Waals surface area contributed by atoms with E-state index >= 15 is 0 Å². The zero-order valence-corrected chi connectivity index (χ0v) is 11.0. The van der Waals surface area contributed by atoms with E-state index in [1.807, 2.05) is 6.07 Å². The van der Waals surface area contributed by atoms with Crippen LogP contribution in [0.5, 0.6) is 11.5 Å². The number of rotatable bonds is 4. The van der Waals surface area contributed by atoms with Gasteiger partial charge in [0.15, 0.2) is 17.8 Å². The minimum absolute atomic E-state index is 0.473. The predicted molar refractivity (Wildman–Crippen MR) is 67.9 cm³/mol. The Morgan fingerprint density at radius 2 is 2.06 bits per heavy atom. The van der Waals surface area contributed by atoms with Crippen LogP contribution in [0.3, 0.4) is 0 Å². The van der Waals surface area contributed by atoms with Crippen molar-refractivity contribution in [2.45, 2.75) is 12.8 Å². The molecule has 2 rings (SSSR count). The number of hydrogen-bond acceptors (Lipinski definition) is 4. The van der Waals surface area contributed by atoms with Crippen molar-refractivity contribution >= 4 is 22.2 Å². The molecule has 0 fully saturated rings. The summed E-state index contributed by atoms with van der Waals surface area (Å²) in [6.45, 7) is 1.62. The maximum Gasteiger partial charge on any atom is 0.173 e. The molecule has 4 nitrogen and oxygen atoms in total. The molecule has 0 aliphatic carbocycles. The largest absolute Gasteiger partial charge is 0.486 e. The standard InChI is InChI=1S/C12H14BrNO3/c13-10-6-8(2-1-3-14)11-12(9(10)7-15)17-5-4-16-11/h6-7H,1-5,14H2. The van der Waals surface area contributed by atoms with Crippen LogP contribution in [0.25, 0.3) is 0 Å². The molecule has 1 aliphatic rings. The van der Waals surface area contributed by atoms with Crippen molar-refractivity contribution in [1.82, 2.24) is 0 Å². The van der Waals surface area contributed by atoms with Crippen LogP contribution in [0.15, 0.2) is 10.5 Å². The molecule has 17 heavy (non-hydrogen) atoms. The van der Waals surface area contributed by atoms with E-state index in [-0.39, 0.29) is 0 Å². The molecule has 0 atom stereocenters. The van der Waals surface area contributed by atoms with Gasteiger partial charge in [-0.1, -0.05) is 0 Å². The van der Waals surface area contributed by atoms with Crippen LogP contribution >= 0.6 is 15.9 Å². The number of halogens is 1. The molecule has 0 spiro atoms. The summed E-state index contributed by atoms with van der Waals surface area (Å²) in [6, 6.07) is 1.91. The smallest absolute Gasteiger partial charge is 0.173 e. The molecule has 0 radical (unpaired) electrons. The van der Waals surface area contributed by atoms with Crippen molar-refractivity contribution in [2.75, 3.05) is 19.8 Å². The summed E-state index contributed by atoms with van der Waals surface area (Å²) in [4.78, 5) is 11.0. The average Bonchev–Trinajstić information content (AvgIpc) is 2.36.